The van der Waals surface area contributed by atoms with Crippen molar-refractivity contribution in [2.24, 2.45) is 5.92 Å². The number of carbonyl (C=O) groups excluding carboxylic acids is 2. The fourth-order valence-corrected chi connectivity index (χ4v) is 5.04. The predicted octanol–water partition coefficient (Wildman–Crippen LogP) is 5.02. The maximum absolute atomic E-state index is 12.8. The molecule has 2 unspecified atom stereocenters. The Morgan fingerprint density at radius 3 is 2.81 bits per heavy atom. The average Bonchev–Trinajstić information content (AvgIpc) is 3.06. The summed E-state index contributed by atoms with van der Waals surface area (Å²) in [5.74, 6) is -0.250. The second kappa shape index (κ2) is 9.65. The van der Waals surface area contributed by atoms with Gasteiger partial charge in [0.2, 0.25) is 0 Å². The Kier molecular flexibility index (Phi) is 7.17. The van der Waals surface area contributed by atoms with Gasteiger partial charge in [0.15, 0.2) is 6.10 Å². The van der Waals surface area contributed by atoms with E-state index in [-0.39, 0.29) is 23.1 Å². The van der Waals surface area contributed by atoms with Gasteiger partial charge in [0.25, 0.3) is 11.6 Å². The van der Waals surface area contributed by atoms with Crippen molar-refractivity contribution in [2.75, 3.05) is 11.9 Å². The van der Waals surface area contributed by atoms with Gasteiger partial charge in [-0.2, -0.15) is 0 Å². The third kappa shape index (κ3) is 5.16. The summed E-state index contributed by atoms with van der Waals surface area (Å²) in [7, 11) is 0. The molecule has 1 amide bonds. The van der Waals surface area contributed by atoms with Gasteiger partial charge >= 0.3 is 5.97 Å². The number of halogens is 1. The molecule has 8 nitrogen and oxygen atoms in total. The summed E-state index contributed by atoms with van der Waals surface area (Å²) in [5, 5.41) is 14.1. The van der Waals surface area contributed by atoms with Crippen molar-refractivity contribution in [1.29, 1.82) is 0 Å². The number of amides is 1. The van der Waals surface area contributed by atoms with Crippen molar-refractivity contribution in [3.05, 3.63) is 49.3 Å². The molecule has 0 saturated heterocycles. The van der Waals surface area contributed by atoms with Crippen LogP contribution in [0.3, 0.4) is 0 Å². The van der Waals surface area contributed by atoms with E-state index in [0.717, 1.165) is 35.8 Å². The number of non-ortho nitro benzene ring substituents is 1. The molecule has 0 bridgehead atoms. The second-order valence-corrected chi connectivity index (χ2v) is 8.91. The first-order valence-electron chi connectivity index (χ1n) is 9.94. The van der Waals surface area contributed by atoms with Crippen LogP contribution in [0.15, 0.2) is 18.2 Å². The van der Waals surface area contributed by atoms with Crippen molar-refractivity contribution in [3.63, 3.8) is 0 Å². The molecule has 3 rings (SSSR count). The Bertz CT molecular complexity index is 1020. The molecule has 0 spiro atoms. The van der Waals surface area contributed by atoms with E-state index in [4.69, 9.17) is 21.1 Å². The fourth-order valence-electron chi connectivity index (χ4n) is 3.41. The lowest BCUT2D eigenvalue weighted by atomic mass is 9.88. The largest absolute Gasteiger partial charge is 0.479 e. The first kappa shape index (κ1) is 23.0. The molecule has 1 aliphatic rings. The smallest absolute Gasteiger partial charge is 0.341 e. The third-order valence-electron chi connectivity index (χ3n) is 5.03. The lowest BCUT2D eigenvalue weighted by molar-refractivity contribution is -0.384. The maximum atomic E-state index is 12.8. The normalized spacial score (nSPS) is 16.2. The molecule has 0 fully saturated rings. The Labute approximate surface area is 188 Å². The Morgan fingerprint density at radius 2 is 2.16 bits per heavy atom. The van der Waals surface area contributed by atoms with Crippen molar-refractivity contribution in [1.82, 2.24) is 0 Å². The van der Waals surface area contributed by atoms with Crippen molar-refractivity contribution in [2.45, 2.75) is 46.1 Å². The van der Waals surface area contributed by atoms with Gasteiger partial charge in [0.1, 0.15) is 10.8 Å². The zero-order chi connectivity index (χ0) is 22.7. The van der Waals surface area contributed by atoms with Crippen LogP contribution in [0.4, 0.5) is 10.7 Å². The topological polar surface area (TPSA) is 108 Å². The number of carbonyl (C=O) groups is 2. The van der Waals surface area contributed by atoms with Gasteiger partial charge in [0, 0.05) is 17.0 Å². The molecular weight excluding hydrogens is 444 g/mol. The number of rotatable bonds is 7. The van der Waals surface area contributed by atoms with Crippen LogP contribution in [0.1, 0.15) is 48.0 Å². The molecular formula is C21H23ClN2O6S. The highest BCUT2D eigenvalue weighted by molar-refractivity contribution is 7.17. The van der Waals surface area contributed by atoms with E-state index >= 15 is 0 Å². The van der Waals surface area contributed by atoms with E-state index < -0.39 is 22.9 Å². The minimum Gasteiger partial charge on any atom is -0.479 e. The molecule has 2 atom stereocenters. The SMILES string of the molecule is CCOC(=O)c1c(NC(=O)C(C)Oc2ccc([N+](=O)[O-])cc2Cl)sc2c1CCC(C)C2. The summed E-state index contributed by atoms with van der Waals surface area (Å²) < 4.78 is 10.8. The highest BCUT2D eigenvalue weighted by Gasteiger charge is 2.30. The van der Waals surface area contributed by atoms with Crippen LogP contribution in [0.25, 0.3) is 0 Å². The van der Waals surface area contributed by atoms with E-state index in [1.165, 1.54) is 30.4 Å². The number of hydrogen-bond acceptors (Lipinski definition) is 7. The summed E-state index contributed by atoms with van der Waals surface area (Å²) in [6, 6.07) is 3.76. The molecule has 166 valence electrons. The Hall–Kier alpha value is -2.65. The molecule has 0 radical (unpaired) electrons. The number of fused-ring (bicyclic) bond motifs is 1. The third-order valence-corrected chi connectivity index (χ3v) is 6.49. The molecule has 1 aromatic heterocycles. The van der Waals surface area contributed by atoms with E-state index in [0.29, 0.717) is 16.5 Å². The fraction of sp³-hybridized carbons (Fsp3) is 0.429. The van der Waals surface area contributed by atoms with Crippen LogP contribution < -0.4 is 10.1 Å². The summed E-state index contributed by atoms with van der Waals surface area (Å²) >= 11 is 7.44. The van der Waals surface area contributed by atoms with E-state index in [1.54, 1.807) is 6.92 Å². The van der Waals surface area contributed by atoms with E-state index in [1.807, 2.05) is 0 Å². The number of esters is 1. The number of nitro benzene ring substituents is 1. The lowest BCUT2D eigenvalue weighted by Gasteiger charge is -2.18. The molecule has 10 heteroatoms. The Morgan fingerprint density at radius 1 is 1.42 bits per heavy atom. The highest BCUT2D eigenvalue weighted by Crippen LogP contribution is 2.40. The number of nitrogens with one attached hydrogen (secondary N) is 1. The number of anilines is 1. The second-order valence-electron chi connectivity index (χ2n) is 7.40. The number of benzene rings is 1. The minimum atomic E-state index is -0.952. The van der Waals surface area contributed by atoms with Crippen molar-refractivity contribution < 1.29 is 24.0 Å². The molecule has 1 N–H and O–H groups in total. The van der Waals surface area contributed by atoms with Gasteiger partial charge in [-0.3, -0.25) is 14.9 Å². The van der Waals surface area contributed by atoms with Crippen molar-refractivity contribution >= 4 is 45.5 Å². The average molecular weight is 467 g/mol. The van der Waals surface area contributed by atoms with Crippen LogP contribution in [-0.2, 0) is 22.4 Å². The first-order chi connectivity index (χ1) is 14.7. The molecule has 1 aromatic carbocycles. The molecule has 0 aliphatic heterocycles. The van der Waals surface area contributed by atoms with Crippen LogP contribution in [0, 0.1) is 16.0 Å². The van der Waals surface area contributed by atoms with E-state index in [9.17, 15) is 19.7 Å². The summed E-state index contributed by atoms with van der Waals surface area (Å²) in [5.41, 5.74) is 1.19. The molecule has 2 aromatic rings. The molecule has 1 heterocycles. The molecule has 0 saturated carbocycles. The van der Waals surface area contributed by atoms with Gasteiger partial charge < -0.3 is 14.8 Å². The van der Waals surface area contributed by atoms with Crippen LogP contribution in [0.5, 0.6) is 5.75 Å². The zero-order valence-corrected chi connectivity index (χ0v) is 19.0. The van der Waals surface area contributed by atoms with Crippen molar-refractivity contribution in [3.8, 4) is 5.75 Å². The van der Waals surface area contributed by atoms with Crippen LogP contribution in [0.2, 0.25) is 5.02 Å². The number of nitrogens with zero attached hydrogens (tertiary/aromatic N) is 1. The number of thiophene rings is 1. The lowest BCUT2D eigenvalue weighted by Crippen LogP contribution is -2.30. The first-order valence-corrected chi connectivity index (χ1v) is 11.1. The van der Waals surface area contributed by atoms with Gasteiger partial charge in [0.05, 0.1) is 22.1 Å². The summed E-state index contributed by atoms with van der Waals surface area (Å²) in [4.78, 5) is 36.7. The van der Waals surface area contributed by atoms with Crippen LogP contribution in [-0.4, -0.2) is 29.5 Å². The highest BCUT2D eigenvalue weighted by atomic mass is 35.5. The summed E-state index contributed by atoms with van der Waals surface area (Å²) in [6.07, 6.45) is 1.64. The molecule has 1 aliphatic carbocycles. The number of nitro groups is 1. The maximum Gasteiger partial charge on any atom is 0.341 e. The van der Waals surface area contributed by atoms with Crippen LogP contribution >= 0.6 is 22.9 Å². The number of hydrogen-bond donors (Lipinski definition) is 1. The zero-order valence-electron chi connectivity index (χ0n) is 17.4. The Balaban J connectivity index is 1.79. The standard InChI is InChI=1S/C21H23ClN2O6S/c1-4-29-21(26)18-14-7-5-11(2)9-17(14)31-20(18)23-19(25)12(3)30-16-8-6-13(24(27)28)10-15(16)22/h6,8,10-12H,4-5,7,9H2,1-3H3,(H,23,25). The van der Waals surface area contributed by atoms with Gasteiger partial charge in [-0.1, -0.05) is 18.5 Å². The van der Waals surface area contributed by atoms with Gasteiger partial charge in [-0.15, -0.1) is 11.3 Å². The van der Waals surface area contributed by atoms with Gasteiger partial charge in [-0.05, 0) is 50.7 Å². The predicted molar refractivity (Wildman–Crippen MR) is 118 cm³/mol. The number of ether oxygens (including phenoxy) is 2. The monoisotopic (exact) mass is 466 g/mol. The summed E-state index contributed by atoms with van der Waals surface area (Å²) in [6.45, 7) is 5.67. The van der Waals surface area contributed by atoms with Gasteiger partial charge in [-0.25, -0.2) is 4.79 Å². The van der Waals surface area contributed by atoms with E-state index in [2.05, 4.69) is 12.2 Å². The minimum absolute atomic E-state index is 0.0293. The quantitative estimate of drug-likeness (QED) is 0.349. The molecule has 31 heavy (non-hydrogen) atoms.